The molecule has 0 aliphatic heterocycles. The summed E-state index contributed by atoms with van der Waals surface area (Å²) in [5, 5.41) is 1.05. The van der Waals surface area contributed by atoms with E-state index < -0.39 is 0 Å². The molecule has 0 unspecified atom stereocenters. The second-order valence-corrected chi connectivity index (χ2v) is 4.96. The molecule has 4 heteroatoms. The lowest BCUT2D eigenvalue weighted by Crippen LogP contribution is -1.98. The lowest BCUT2D eigenvalue weighted by molar-refractivity contribution is 0.624. The van der Waals surface area contributed by atoms with Crippen LogP contribution in [0.1, 0.15) is 24.5 Å². The molecule has 2 aromatic heterocycles. The molecule has 1 aliphatic carbocycles. The van der Waals surface area contributed by atoms with Crippen LogP contribution in [0.5, 0.6) is 0 Å². The van der Waals surface area contributed by atoms with Crippen LogP contribution in [0.25, 0.3) is 22.6 Å². The van der Waals surface area contributed by atoms with Crippen LogP contribution >= 0.6 is 0 Å². The van der Waals surface area contributed by atoms with Gasteiger partial charge in [0, 0.05) is 23.1 Å². The first-order chi connectivity index (χ1) is 9.29. The molecule has 1 fully saturated rings. The topological polar surface area (TPSA) is 64.9 Å². The fraction of sp³-hybridized carbons (Fsp3) is 0.200. The molecule has 0 spiro atoms. The molecule has 1 aromatic carbocycles. The fourth-order valence-corrected chi connectivity index (χ4v) is 2.28. The molecule has 1 aliphatic rings. The summed E-state index contributed by atoms with van der Waals surface area (Å²) in [7, 11) is 0. The van der Waals surface area contributed by atoms with E-state index in [4.69, 9.17) is 10.2 Å². The monoisotopic (exact) mass is 251 g/mol. The van der Waals surface area contributed by atoms with Crippen molar-refractivity contribution >= 4 is 16.8 Å². The molecular formula is C15H13N3O. The number of aromatic nitrogens is 2. The summed E-state index contributed by atoms with van der Waals surface area (Å²) in [5.74, 6) is 2.31. The summed E-state index contributed by atoms with van der Waals surface area (Å²) in [6, 6.07) is 11.7. The van der Waals surface area contributed by atoms with E-state index in [0.717, 1.165) is 16.7 Å². The minimum atomic E-state index is 0.507. The van der Waals surface area contributed by atoms with Crippen molar-refractivity contribution in [3.05, 3.63) is 42.1 Å². The van der Waals surface area contributed by atoms with Crippen LogP contribution in [0.2, 0.25) is 0 Å². The molecule has 19 heavy (non-hydrogen) atoms. The fourth-order valence-electron chi connectivity index (χ4n) is 2.28. The molecule has 1 saturated carbocycles. The molecule has 4 rings (SSSR count). The maximum absolute atomic E-state index is 5.86. The van der Waals surface area contributed by atoms with E-state index in [0.29, 0.717) is 23.3 Å². The molecule has 3 aromatic rings. The molecule has 4 nitrogen and oxygen atoms in total. The summed E-state index contributed by atoms with van der Waals surface area (Å²) >= 11 is 0. The molecule has 2 N–H and O–H groups in total. The van der Waals surface area contributed by atoms with Crippen LogP contribution < -0.4 is 5.73 Å². The van der Waals surface area contributed by atoms with Gasteiger partial charge in [0.25, 0.3) is 0 Å². The molecule has 0 radical (unpaired) electrons. The Morgan fingerprint density at radius 3 is 2.74 bits per heavy atom. The van der Waals surface area contributed by atoms with E-state index in [1.165, 1.54) is 12.8 Å². The van der Waals surface area contributed by atoms with Gasteiger partial charge in [0.1, 0.15) is 11.4 Å². The number of hydrogen-bond donors (Lipinski definition) is 1. The number of nitrogens with two attached hydrogens (primary N) is 1. The van der Waals surface area contributed by atoms with Crippen LogP contribution in [0.4, 0.5) is 5.82 Å². The molecular weight excluding hydrogens is 238 g/mol. The van der Waals surface area contributed by atoms with Gasteiger partial charge < -0.3 is 10.2 Å². The molecule has 2 heterocycles. The van der Waals surface area contributed by atoms with Crippen molar-refractivity contribution in [1.29, 1.82) is 0 Å². The van der Waals surface area contributed by atoms with Gasteiger partial charge in [-0.05, 0) is 25.0 Å². The van der Waals surface area contributed by atoms with Crippen LogP contribution in [0.3, 0.4) is 0 Å². The van der Waals surface area contributed by atoms with Gasteiger partial charge in [0.05, 0.1) is 0 Å². The van der Waals surface area contributed by atoms with Crippen LogP contribution in [0.15, 0.2) is 40.8 Å². The van der Waals surface area contributed by atoms with Crippen molar-refractivity contribution in [3.63, 3.8) is 0 Å². The zero-order valence-electron chi connectivity index (χ0n) is 10.3. The number of benzene rings is 1. The van der Waals surface area contributed by atoms with Crippen molar-refractivity contribution in [2.45, 2.75) is 18.8 Å². The first kappa shape index (κ1) is 10.6. The lowest BCUT2D eigenvalue weighted by Gasteiger charge is -2.02. The second kappa shape index (κ2) is 3.82. The number of furan rings is 1. The van der Waals surface area contributed by atoms with E-state index >= 15 is 0 Å². The van der Waals surface area contributed by atoms with Gasteiger partial charge in [-0.25, -0.2) is 9.97 Å². The van der Waals surface area contributed by atoms with Gasteiger partial charge in [-0.2, -0.15) is 0 Å². The Kier molecular flexibility index (Phi) is 2.12. The average molecular weight is 251 g/mol. The zero-order valence-corrected chi connectivity index (χ0v) is 10.3. The lowest BCUT2D eigenvalue weighted by atomic mass is 10.2. The Morgan fingerprint density at radius 2 is 1.95 bits per heavy atom. The van der Waals surface area contributed by atoms with Gasteiger partial charge in [-0.1, -0.05) is 18.2 Å². The summed E-state index contributed by atoms with van der Waals surface area (Å²) in [5.41, 5.74) is 7.74. The summed E-state index contributed by atoms with van der Waals surface area (Å²) in [4.78, 5) is 8.86. The number of rotatable bonds is 2. The van der Waals surface area contributed by atoms with Crippen molar-refractivity contribution in [1.82, 2.24) is 9.97 Å². The van der Waals surface area contributed by atoms with E-state index in [1.54, 1.807) is 0 Å². The number of nitrogens with zero attached hydrogens (tertiary/aromatic N) is 2. The normalized spacial score (nSPS) is 14.9. The summed E-state index contributed by atoms with van der Waals surface area (Å²) < 4.78 is 5.78. The number of fused-ring (bicyclic) bond motifs is 1. The third kappa shape index (κ3) is 1.85. The van der Waals surface area contributed by atoms with Gasteiger partial charge in [-0.3, -0.25) is 0 Å². The molecule has 0 amide bonds. The standard InChI is InChI=1S/C15H13N3O/c16-14-8-11(9-5-6-9)17-15(18-14)13-7-10-3-1-2-4-12(10)19-13/h1-4,7-9H,5-6H2,(H2,16,17,18). The average Bonchev–Trinajstić information content (AvgIpc) is 3.17. The second-order valence-electron chi connectivity index (χ2n) is 4.96. The van der Waals surface area contributed by atoms with E-state index in [1.807, 2.05) is 36.4 Å². The van der Waals surface area contributed by atoms with Crippen molar-refractivity contribution in [3.8, 4) is 11.6 Å². The Hall–Kier alpha value is -2.36. The van der Waals surface area contributed by atoms with Gasteiger partial charge in [-0.15, -0.1) is 0 Å². The maximum Gasteiger partial charge on any atom is 0.197 e. The van der Waals surface area contributed by atoms with E-state index in [9.17, 15) is 0 Å². The molecule has 0 saturated heterocycles. The smallest absolute Gasteiger partial charge is 0.197 e. The van der Waals surface area contributed by atoms with Gasteiger partial charge in [0.2, 0.25) is 0 Å². The van der Waals surface area contributed by atoms with E-state index in [2.05, 4.69) is 9.97 Å². The maximum atomic E-state index is 5.86. The quantitative estimate of drug-likeness (QED) is 0.758. The minimum absolute atomic E-state index is 0.507. The van der Waals surface area contributed by atoms with Crippen LogP contribution in [-0.4, -0.2) is 9.97 Å². The van der Waals surface area contributed by atoms with Crippen molar-refractivity contribution in [2.75, 3.05) is 5.73 Å². The molecule has 0 atom stereocenters. The summed E-state index contributed by atoms with van der Waals surface area (Å²) in [6.45, 7) is 0. The number of hydrogen-bond acceptors (Lipinski definition) is 4. The molecule has 94 valence electrons. The zero-order chi connectivity index (χ0) is 12.8. The highest BCUT2D eigenvalue weighted by molar-refractivity contribution is 5.81. The highest BCUT2D eigenvalue weighted by Gasteiger charge is 2.26. The molecule has 0 bridgehead atoms. The van der Waals surface area contributed by atoms with Crippen molar-refractivity contribution in [2.24, 2.45) is 0 Å². The Bertz CT molecular complexity index is 726. The SMILES string of the molecule is Nc1cc(C2CC2)nc(-c2cc3ccccc3o2)n1. The third-order valence-electron chi connectivity index (χ3n) is 3.41. The van der Waals surface area contributed by atoms with E-state index in [-0.39, 0.29) is 0 Å². The van der Waals surface area contributed by atoms with Gasteiger partial charge >= 0.3 is 0 Å². The first-order valence-corrected chi connectivity index (χ1v) is 6.43. The van der Waals surface area contributed by atoms with Crippen LogP contribution in [0, 0.1) is 0 Å². The number of anilines is 1. The largest absolute Gasteiger partial charge is 0.453 e. The third-order valence-corrected chi connectivity index (χ3v) is 3.41. The predicted octanol–water partition coefficient (Wildman–Crippen LogP) is 3.35. The Labute approximate surface area is 110 Å². The van der Waals surface area contributed by atoms with Gasteiger partial charge in [0.15, 0.2) is 11.6 Å². The minimum Gasteiger partial charge on any atom is -0.453 e. The summed E-state index contributed by atoms with van der Waals surface area (Å²) in [6.07, 6.45) is 2.38. The predicted molar refractivity (Wildman–Crippen MR) is 73.6 cm³/mol. The van der Waals surface area contributed by atoms with Crippen LogP contribution in [-0.2, 0) is 0 Å². The number of nitrogen functional groups attached to an aromatic ring is 1. The highest BCUT2D eigenvalue weighted by atomic mass is 16.3. The highest BCUT2D eigenvalue weighted by Crippen LogP contribution is 2.40. The van der Waals surface area contributed by atoms with Crippen molar-refractivity contribution < 1.29 is 4.42 Å². The first-order valence-electron chi connectivity index (χ1n) is 6.43. The number of para-hydroxylation sites is 1. The Morgan fingerprint density at radius 1 is 1.11 bits per heavy atom. The Balaban J connectivity index is 1.86.